The summed E-state index contributed by atoms with van der Waals surface area (Å²) < 4.78 is 11.1. The summed E-state index contributed by atoms with van der Waals surface area (Å²) in [5.74, 6) is 1.82. The molecule has 0 radical (unpaired) electrons. The average Bonchev–Trinajstić information content (AvgIpc) is 2.49. The molecule has 1 saturated carbocycles. The van der Waals surface area contributed by atoms with Gasteiger partial charge in [-0.2, -0.15) is 0 Å². The quantitative estimate of drug-likeness (QED) is 0.740. The highest BCUT2D eigenvalue weighted by Crippen LogP contribution is 2.23. The summed E-state index contributed by atoms with van der Waals surface area (Å²) in [6, 6.07) is 10.6. The van der Waals surface area contributed by atoms with E-state index >= 15 is 0 Å². The highest BCUT2D eigenvalue weighted by atomic mass is 16.5. The first-order valence-electron chi connectivity index (χ1n) is 7.83. The third-order valence-corrected chi connectivity index (χ3v) is 3.93. The molecule has 1 aliphatic rings. The summed E-state index contributed by atoms with van der Waals surface area (Å²) in [7, 11) is 0. The third kappa shape index (κ3) is 5.93. The molecule has 1 fully saturated rings. The van der Waals surface area contributed by atoms with Crippen molar-refractivity contribution in [3.8, 4) is 5.75 Å². The Morgan fingerprint density at radius 2 is 1.75 bits per heavy atom. The molecule has 0 unspecified atom stereocenters. The number of hydrogen-bond donors (Lipinski definition) is 1. The Morgan fingerprint density at radius 1 is 1.00 bits per heavy atom. The molecule has 0 bridgehead atoms. The lowest BCUT2D eigenvalue weighted by Gasteiger charge is -2.26. The summed E-state index contributed by atoms with van der Waals surface area (Å²) in [6.45, 7) is 5.34. The van der Waals surface area contributed by atoms with Gasteiger partial charge in [0.2, 0.25) is 0 Å². The number of benzene rings is 1. The van der Waals surface area contributed by atoms with Crippen molar-refractivity contribution in [2.24, 2.45) is 5.92 Å². The first kappa shape index (κ1) is 15.3. The topological polar surface area (TPSA) is 30.5 Å². The van der Waals surface area contributed by atoms with E-state index in [2.05, 4.69) is 12.2 Å². The van der Waals surface area contributed by atoms with Crippen LogP contribution in [0.5, 0.6) is 5.75 Å². The van der Waals surface area contributed by atoms with Gasteiger partial charge in [0.05, 0.1) is 13.2 Å². The van der Waals surface area contributed by atoms with Gasteiger partial charge in [0.1, 0.15) is 12.4 Å². The van der Waals surface area contributed by atoms with E-state index in [9.17, 15) is 0 Å². The lowest BCUT2D eigenvalue weighted by Crippen LogP contribution is -2.35. The van der Waals surface area contributed by atoms with Gasteiger partial charge in [-0.3, -0.25) is 0 Å². The van der Waals surface area contributed by atoms with E-state index in [1.54, 1.807) is 0 Å². The summed E-state index contributed by atoms with van der Waals surface area (Å²) in [4.78, 5) is 0. The number of hydrogen-bond acceptors (Lipinski definition) is 3. The molecule has 1 N–H and O–H groups in total. The van der Waals surface area contributed by atoms with Crippen LogP contribution in [0.25, 0.3) is 0 Å². The zero-order chi connectivity index (χ0) is 14.0. The third-order valence-electron chi connectivity index (χ3n) is 3.93. The van der Waals surface area contributed by atoms with Crippen molar-refractivity contribution in [1.29, 1.82) is 0 Å². The summed E-state index contributed by atoms with van der Waals surface area (Å²) >= 11 is 0. The molecule has 0 aliphatic heterocycles. The van der Waals surface area contributed by atoms with Crippen molar-refractivity contribution in [1.82, 2.24) is 5.32 Å². The zero-order valence-corrected chi connectivity index (χ0v) is 12.5. The maximum absolute atomic E-state index is 5.58. The Hall–Kier alpha value is -1.06. The van der Waals surface area contributed by atoms with Crippen LogP contribution in [0.4, 0.5) is 0 Å². The van der Waals surface area contributed by atoms with Crippen LogP contribution in [0.1, 0.15) is 32.6 Å². The highest BCUT2D eigenvalue weighted by molar-refractivity contribution is 5.20. The van der Waals surface area contributed by atoms with Gasteiger partial charge in [-0.05, 0) is 43.7 Å². The molecule has 20 heavy (non-hydrogen) atoms. The van der Waals surface area contributed by atoms with Gasteiger partial charge in [-0.1, -0.05) is 25.1 Å². The Morgan fingerprint density at radius 3 is 2.50 bits per heavy atom. The van der Waals surface area contributed by atoms with Crippen molar-refractivity contribution in [2.75, 3.05) is 26.4 Å². The fourth-order valence-electron chi connectivity index (χ4n) is 2.64. The SMILES string of the molecule is CC1CCC(NCCOCCOc2ccccc2)CC1. The summed E-state index contributed by atoms with van der Waals surface area (Å²) in [5, 5.41) is 3.58. The molecule has 0 atom stereocenters. The average molecular weight is 277 g/mol. The monoisotopic (exact) mass is 277 g/mol. The molecule has 1 aromatic rings. The van der Waals surface area contributed by atoms with E-state index in [1.807, 2.05) is 30.3 Å². The van der Waals surface area contributed by atoms with Crippen molar-refractivity contribution in [3.63, 3.8) is 0 Å². The molecule has 0 aromatic heterocycles. The summed E-state index contributed by atoms with van der Waals surface area (Å²) in [5.41, 5.74) is 0. The van der Waals surface area contributed by atoms with Crippen LogP contribution < -0.4 is 10.1 Å². The second-order valence-corrected chi connectivity index (χ2v) is 5.68. The van der Waals surface area contributed by atoms with Crippen molar-refractivity contribution in [2.45, 2.75) is 38.6 Å². The van der Waals surface area contributed by atoms with E-state index in [0.717, 1.165) is 24.8 Å². The molecule has 112 valence electrons. The largest absolute Gasteiger partial charge is 0.491 e. The van der Waals surface area contributed by atoms with Gasteiger partial charge in [0, 0.05) is 12.6 Å². The maximum atomic E-state index is 5.58. The summed E-state index contributed by atoms with van der Waals surface area (Å²) in [6.07, 6.45) is 5.36. The minimum atomic E-state index is 0.616. The van der Waals surface area contributed by atoms with E-state index in [4.69, 9.17) is 9.47 Å². The van der Waals surface area contributed by atoms with Crippen LogP contribution in [0.3, 0.4) is 0 Å². The zero-order valence-electron chi connectivity index (χ0n) is 12.5. The predicted octanol–water partition coefficient (Wildman–Crippen LogP) is 3.25. The fourth-order valence-corrected chi connectivity index (χ4v) is 2.64. The molecule has 0 spiro atoms. The maximum Gasteiger partial charge on any atom is 0.119 e. The number of para-hydroxylation sites is 1. The van der Waals surface area contributed by atoms with Gasteiger partial charge in [0.25, 0.3) is 0 Å². The number of nitrogens with one attached hydrogen (secondary N) is 1. The molecule has 0 saturated heterocycles. The molecule has 3 heteroatoms. The van der Waals surface area contributed by atoms with Gasteiger partial charge >= 0.3 is 0 Å². The lowest BCUT2D eigenvalue weighted by molar-refractivity contribution is 0.0989. The van der Waals surface area contributed by atoms with Crippen LogP contribution in [-0.4, -0.2) is 32.4 Å². The minimum absolute atomic E-state index is 0.616. The van der Waals surface area contributed by atoms with Crippen molar-refractivity contribution < 1.29 is 9.47 Å². The molecule has 3 nitrogen and oxygen atoms in total. The molecule has 2 rings (SSSR count). The second-order valence-electron chi connectivity index (χ2n) is 5.68. The Balaban J connectivity index is 1.42. The Kier molecular flexibility index (Phi) is 6.89. The first-order chi connectivity index (χ1) is 9.84. The fraction of sp³-hybridized carbons (Fsp3) is 0.647. The van der Waals surface area contributed by atoms with E-state index in [0.29, 0.717) is 19.3 Å². The first-order valence-corrected chi connectivity index (χ1v) is 7.83. The second kappa shape index (κ2) is 8.98. The van der Waals surface area contributed by atoms with E-state index < -0.39 is 0 Å². The molecule has 0 amide bonds. The van der Waals surface area contributed by atoms with E-state index in [1.165, 1.54) is 25.7 Å². The number of rotatable bonds is 8. The standard InChI is InChI=1S/C17H27NO2/c1-15-7-9-16(10-8-15)18-11-12-19-13-14-20-17-5-3-2-4-6-17/h2-6,15-16,18H,7-14H2,1H3. The molecule has 1 aromatic carbocycles. The van der Waals surface area contributed by atoms with Crippen LogP contribution in [0, 0.1) is 5.92 Å². The minimum Gasteiger partial charge on any atom is -0.491 e. The molecule has 1 aliphatic carbocycles. The van der Waals surface area contributed by atoms with Gasteiger partial charge in [0.15, 0.2) is 0 Å². The van der Waals surface area contributed by atoms with Crippen LogP contribution in [0.2, 0.25) is 0 Å². The Labute approximate surface area is 122 Å². The molecular formula is C17H27NO2. The van der Waals surface area contributed by atoms with Crippen LogP contribution in [0.15, 0.2) is 30.3 Å². The van der Waals surface area contributed by atoms with Crippen LogP contribution in [-0.2, 0) is 4.74 Å². The van der Waals surface area contributed by atoms with Gasteiger partial charge in [-0.15, -0.1) is 0 Å². The van der Waals surface area contributed by atoms with Gasteiger partial charge in [-0.25, -0.2) is 0 Å². The van der Waals surface area contributed by atoms with Crippen molar-refractivity contribution >= 4 is 0 Å². The lowest BCUT2D eigenvalue weighted by atomic mass is 9.87. The Bertz CT molecular complexity index is 347. The van der Waals surface area contributed by atoms with E-state index in [-0.39, 0.29) is 0 Å². The molecule has 0 heterocycles. The smallest absolute Gasteiger partial charge is 0.119 e. The van der Waals surface area contributed by atoms with Gasteiger partial charge < -0.3 is 14.8 Å². The predicted molar refractivity (Wildman–Crippen MR) is 82.2 cm³/mol. The molecular weight excluding hydrogens is 250 g/mol. The highest BCUT2D eigenvalue weighted by Gasteiger charge is 2.16. The van der Waals surface area contributed by atoms with Crippen LogP contribution >= 0.6 is 0 Å². The van der Waals surface area contributed by atoms with Crippen molar-refractivity contribution in [3.05, 3.63) is 30.3 Å². The number of ether oxygens (including phenoxy) is 2. The normalized spacial score (nSPS) is 22.6.